The van der Waals surface area contributed by atoms with Gasteiger partial charge in [0.2, 0.25) is 0 Å². The molecule has 0 atom stereocenters. The molecular formula is C13H22O4. The van der Waals surface area contributed by atoms with Gasteiger partial charge < -0.3 is 10.2 Å². The number of allylic oxidation sites excluding steroid dienone is 1. The third-order valence-corrected chi connectivity index (χ3v) is 1.93. The van der Waals surface area contributed by atoms with Gasteiger partial charge in [0.05, 0.1) is 0 Å². The fourth-order valence-electron chi connectivity index (χ4n) is 0.857. The van der Waals surface area contributed by atoms with Crippen LogP contribution in [0.25, 0.3) is 0 Å². The Hall–Kier alpha value is -1.58. The van der Waals surface area contributed by atoms with Crippen LogP contribution in [-0.4, -0.2) is 22.2 Å². The molecule has 0 heterocycles. The van der Waals surface area contributed by atoms with Crippen LogP contribution in [0.4, 0.5) is 0 Å². The fraction of sp³-hybridized carbons (Fsp3) is 0.538. The van der Waals surface area contributed by atoms with Gasteiger partial charge in [0, 0.05) is 11.1 Å². The summed E-state index contributed by atoms with van der Waals surface area (Å²) in [4.78, 5) is 20.1. The second-order valence-corrected chi connectivity index (χ2v) is 3.64. The third kappa shape index (κ3) is 12.4. The maximum atomic E-state index is 10.1. The number of rotatable bonds is 6. The Morgan fingerprint density at radius 3 is 1.88 bits per heavy atom. The summed E-state index contributed by atoms with van der Waals surface area (Å²) in [5.74, 6) is -1.70. The molecule has 0 spiro atoms. The predicted molar refractivity (Wildman–Crippen MR) is 68.0 cm³/mol. The van der Waals surface area contributed by atoms with Crippen LogP contribution in [0.2, 0.25) is 0 Å². The molecule has 0 aliphatic carbocycles. The van der Waals surface area contributed by atoms with E-state index in [0.29, 0.717) is 17.6 Å². The first-order chi connectivity index (χ1) is 7.86. The maximum absolute atomic E-state index is 10.1. The van der Waals surface area contributed by atoms with Crippen molar-refractivity contribution in [1.29, 1.82) is 0 Å². The Morgan fingerprint density at radius 2 is 1.65 bits per heavy atom. The van der Waals surface area contributed by atoms with Crippen LogP contribution < -0.4 is 0 Å². The topological polar surface area (TPSA) is 74.6 Å². The van der Waals surface area contributed by atoms with Gasteiger partial charge in [-0.3, -0.25) is 0 Å². The Morgan fingerprint density at radius 1 is 1.12 bits per heavy atom. The van der Waals surface area contributed by atoms with Crippen molar-refractivity contribution in [2.75, 3.05) is 0 Å². The van der Waals surface area contributed by atoms with E-state index in [1.807, 2.05) is 13.8 Å². The van der Waals surface area contributed by atoms with E-state index >= 15 is 0 Å². The van der Waals surface area contributed by atoms with Gasteiger partial charge in [-0.05, 0) is 19.8 Å². The number of hydrogen-bond donors (Lipinski definition) is 2. The number of hydrogen-bond acceptors (Lipinski definition) is 2. The first-order valence-corrected chi connectivity index (χ1v) is 5.67. The lowest BCUT2D eigenvalue weighted by Gasteiger charge is -1.92. The minimum Gasteiger partial charge on any atom is -0.478 e. The molecule has 0 rings (SSSR count). The highest BCUT2D eigenvalue weighted by molar-refractivity contribution is 5.86. The highest BCUT2D eigenvalue weighted by Crippen LogP contribution is 1.99. The molecule has 4 nitrogen and oxygen atoms in total. The Labute approximate surface area is 103 Å². The number of carboxylic acids is 2. The quantitative estimate of drug-likeness (QED) is 0.701. The molecule has 0 aliphatic rings. The van der Waals surface area contributed by atoms with Crippen molar-refractivity contribution >= 4 is 11.9 Å². The number of unbranched alkanes of at least 4 members (excludes halogenated alkanes) is 1. The average Bonchev–Trinajstić information content (AvgIpc) is 2.26. The summed E-state index contributed by atoms with van der Waals surface area (Å²) in [5.41, 5.74) is 0.740. The van der Waals surface area contributed by atoms with Gasteiger partial charge >= 0.3 is 11.9 Å². The molecule has 0 bridgehead atoms. The van der Waals surface area contributed by atoms with E-state index in [9.17, 15) is 9.59 Å². The maximum Gasteiger partial charge on any atom is 0.330 e. The van der Waals surface area contributed by atoms with E-state index in [2.05, 4.69) is 6.58 Å². The van der Waals surface area contributed by atoms with Crippen molar-refractivity contribution < 1.29 is 19.8 Å². The van der Waals surface area contributed by atoms with Crippen LogP contribution in [0.5, 0.6) is 0 Å². The summed E-state index contributed by atoms with van der Waals surface area (Å²) in [6.07, 6.45) is 5.05. The van der Waals surface area contributed by atoms with E-state index < -0.39 is 11.9 Å². The molecule has 0 aliphatic heterocycles. The molecule has 17 heavy (non-hydrogen) atoms. The van der Waals surface area contributed by atoms with Crippen molar-refractivity contribution in [1.82, 2.24) is 0 Å². The predicted octanol–water partition coefficient (Wildman–Crippen LogP) is 3.24. The second kappa shape index (κ2) is 10.9. The first kappa shape index (κ1) is 17.8. The Balaban J connectivity index is 0. The summed E-state index contributed by atoms with van der Waals surface area (Å²) in [5, 5.41) is 16.6. The van der Waals surface area contributed by atoms with Crippen molar-refractivity contribution in [3.8, 4) is 0 Å². The van der Waals surface area contributed by atoms with Crippen LogP contribution in [-0.2, 0) is 9.59 Å². The lowest BCUT2D eigenvalue weighted by molar-refractivity contribution is -0.133. The third-order valence-electron chi connectivity index (χ3n) is 1.93. The zero-order chi connectivity index (χ0) is 13.8. The van der Waals surface area contributed by atoms with E-state index in [-0.39, 0.29) is 0 Å². The van der Waals surface area contributed by atoms with Gasteiger partial charge in [-0.2, -0.15) is 0 Å². The SMILES string of the molecule is C=C(CCC)C(=O)O.CCCC=C(C)C(=O)O. The summed E-state index contributed by atoms with van der Waals surface area (Å²) < 4.78 is 0. The molecule has 0 fully saturated rings. The Kier molecular flexibility index (Phi) is 11.4. The van der Waals surface area contributed by atoms with Crippen LogP contribution in [0.1, 0.15) is 46.5 Å². The molecule has 0 aromatic carbocycles. The van der Waals surface area contributed by atoms with Crippen molar-refractivity contribution in [2.24, 2.45) is 0 Å². The summed E-state index contributed by atoms with van der Waals surface area (Å²) >= 11 is 0. The monoisotopic (exact) mass is 242 g/mol. The molecule has 0 unspecified atom stereocenters. The van der Waals surface area contributed by atoms with Crippen LogP contribution >= 0.6 is 0 Å². The molecule has 4 heteroatoms. The lowest BCUT2D eigenvalue weighted by Crippen LogP contribution is -1.97. The zero-order valence-electron chi connectivity index (χ0n) is 10.8. The molecule has 0 saturated heterocycles. The van der Waals surface area contributed by atoms with Gasteiger partial charge in [-0.15, -0.1) is 0 Å². The summed E-state index contributed by atoms with van der Waals surface area (Å²) in [6.45, 7) is 8.90. The first-order valence-electron chi connectivity index (χ1n) is 5.67. The number of aliphatic carboxylic acids is 2. The standard InChI is InChI=1S/C7H12O2.C6H10O2/c1-3-4-5-6(2)7(8)9;1-3-4-5(2)6(7)8/h5H,3-4H2,1-2H3,(H,8,9);2-4H2,1H3,(H,7,8). The molecular weight excluding hydrogens is 220 g/mol. The van der Waals surface area contributed by atoms with Crippen LogP contribution in [0.15, 0.2) is 23.8 Å². The lowest BCUT2D eigenvalue weighted by atomic mass is 10.2. The van der Waals surface area contributed by atoms with E-state index in [1.54, 1.807) is 13.0 Å². The zero-order valence-corrected chi connectivity index (χ0v) is 10.8. The van der Waals surface area contributed by atoms with E-state index in [1.165, 1.54) is 0 Å². The van der Waals surface area contributed by atoms with Crippen molar-refractivity contribution in [3.05, 3.63) is 23.8 Å². The smallest absolute Gasteiger partial charge is 0.330 e. The summed E-state index contributed by atoms with van der Waals surface area (Å²) in [6, 6.07) is 0. The normalized spacial score (nSPS) is 10.2. The molecule has 0 aromatic heterocycles. The number of carboxylic acid groups (broad SMARTS) is 2. The minimum absolute atomic E-state index is 0.299. The average molecular weight is 242 g/mol. The molecule has 0 aromatic rings. The van der Waals surface area contributed by atoms with Gasteiger partial charge in [-0.25, -0.2) is 9.59 Å². The van der Waals surface area contributed by atoms with Crippen LogP contribution in [0.3, 0.4) is 0 Å². The number of carbonyl (C=O) groups is 2. The molecule has 0 amide bonds. The van der Waals surface area contributed by atoms with Gasteiger partial charge in [0.15, 0.2) is 0 Å². The van der Waals surface area contributed by atoms with Crippen LogP contribution in [0, 0.1) is 0 Å². The Bertz CT molecular complexity index is 290. The molecule has 0 radical (unpaired) electrons. The second-order valence-electron chi connectivity index (χ2n) is 3.64. The van der Waals surface area contributed by atoms with Gasteiger partial charge in [0.1, 0.15) is 0 Å². The fourth-order valence-corrected chi connectivity index (χ4v) is 0.857. The van der Waals surface area contributed by atoms with E-state index in [4.69, 9.17) is 10.2 Å². The largest absolute Gasteiger partial charge is 0.478 e. The summed E-state index contributed by atoms with van der Waals surface area (Å²) in [7, 11) is 0. The highest BCUT2D eigenvalue weighted by Gasteiger charge is 1.99. The van der Waals surface area contributed by atoms with E-state index in [0.717, 1.165) is 19.3 Å². The highest BCUT2D eigenvalue weighted by atomic mass is 16.4. The van der Waals surface area contributed by atoms with Gasteiger partial charge in [-0.1, -0.05) is 39.3 Å². The van der Waals surface area contributed by atoms with Crippen molar-refractivity contribution in [3.63, 3.8) is 0 Å². The molecule has 98 valence electrons. The van der Waals surface area contributed by atoms with Crippen molar-refractivity contribution in [2.45, 2.75) is 46.5 Å². The minimum atomic E-state index is -0.883. The van der Waals surface area contributed by atoms with Gasteiger partial charge in [0.25, 0.3) is 0 Å². The molecule has 2 N–H and O–H groups in total. The molecule has 0 saturated carbocycles.